The van der Waals surface area contributed by atoms with Crippen molar-refractivity contribution < 1.29 is 58.1 Å². The summed E-state index contributed by atoms with van der Waals surface area (Å²) in [7, 11) is 1.34. The van der Waals surface area contributed by atoms with Gasteiger partial charge in [0.15, 0.2) is 0 Å². The number of nitrogens with two attached hydrogens (primary N) is 1. The molecule has 89 heavy (non-hydrogen) atoms. The van der Waals surface area contributed by atoms with Crippen molar-refractivity contribution in [3.05, 3.63) is 178 Å². The molecule has 22 nitrogen and oxygen atoms in total. The number of likely N-dealkylation sites (tertiary alicyclic amines) is 3. The lowest BCUT2D eigenvalue weighted by Gasteiger charge is -2.52. The molecule has 1 aromatic heterocycles. The van der Waals surface area contributed by atoms with Crippen molar-refractivity contribution in [2.45, 2.75) is 105 Å². The molecule has 6 amide bonds. The number of aliphatic carboxylic acids is 1. The molecule has 8 N–H and O–H groups in total. The van der Waals surface area contributed by atoms with Gasteiger partial charge in [-0.2, -0.15) is 5.26 Å². The minimum Gasteiger partial charge on any atom is -0.481 e. The number of carbonyl (C=O) groups is 9. The number of benzene rings is 4. The van der Waals surface area contributed by atoms with Crippen molar-refractivity contribution >= 4 is 53.4 Å². The Balaban J connectivity index is 0.000000227. The first-order valence-electron chi connectivity index (χ1n) is 29.5. The lowest BCUT2D eigenvalue weighted by molar-refractivity contribution is -0.171. The minimum absolute atomic E-state index is 0. The number of pyridine rings is 1. The van der Waals surface area contributed by atoms with Crippen LogP contribution in [-0.4, -0.2) is 136 Å². The number of nitriles is 1. The predicted molar refractivity (Wildman–Crippen MR) is 334 cm³/mol. The van der Waals surface area contributed by atoms with Crippen LogP contribution < -0.4 is 27.2 Å². The molecule has 476 valence electrons. The summed E-state index contributed by atoms with van der Waals surface area (Å²) in [6, 6.07) is 44.7. The van der Waals surface area contributed by atoms with E-state index in [-0.39, 0.29) is 73.2 Å². The van der Waals surface area contributed by atoms with Gasteiger partial charge in [-0.1, -0.05) is 129 Å². The van der Waals surface area contributed by atoms with Crippen LogP contribution in [0.25, 0.3) is 0 Å². The fourth-order valence-electron chi connectivity index (χ4n) is 10.5. The number of unbranched alkanes of at least 4 members (excludes halogenated alkanes) is 1. The maximum absolute atomic E-state index is 12.4. The number of aromatic nitrogens is 1. The molecule has 6 aliphatic rings. The molecular weight excluding hydrogens is 1140 g/mol. The number of methoxy groups -OCH3 is 1. The Labute approximate surface area is 520 Å². The average molecular weight is 1220 g/mol. The van der Waals surface area contributed by atoms with Gasteiger partial charge in [0.25, 0.3) is 0 Å². The summed E-state index contributed by atoms with van der Waals surface area (Å²) in [5, 5.41) is 33.1. The number of piperidine rings is 4. The summed E-state index contributed by atoms with van der Waals surface area (Å²) in [5.41, 5.74) is 8.96. The van der Waals surface area contributed by atoms with E-state index in [4.69, 9.17) is 21.2 Å². The summed E-state index contributed by atoms with van der Waals surface area (Å²) in [6.07, 6.45) is 7.96. The molecule has 0 aliphatic carbocycles. The smallest absolute Gasteiger partial charge is 0.335 e. The Morgan fingerprint density at radius 2 is 1.12 bits per heavy atom. The molecule has 6 fully saturated rings. The number of carboxylic acids is 2. The van der Waals surface area contributed by atoms with Gasteiger partial charge in [0, 0.05) is 110 Å². The number of nitrogens with one attached hydrogen (secondary N) is 4. The molecule has 4 unspecified atom stereocenters. The van der Waals surface area contributed by atoms with Crippen molar-refractivity contribution in [2.24, 2.45) is 28.4 Å². The SMILES string of the molecule is C.CCN1CCC2(CC1=O)CN(Cc1ccccc1)C2=O.COC(=O)C1CCNC(=O)C1.N#CCCCc1ccccc1.NCc1ccccc1.O=C(O)c1cc[nH]c(=O)c1.O=C1CC(C(=O)O)CCN1.O=C1CC2(CCN1)CN(Cc1ccccc1)C2=O. The van der Waals surface area contributed by atoms with E-state index in [1.54, 1.807) is 0 Å². The highest BCUT2D eigenvalue weighted by Gasteiger charge is 2.55. The second-order valence-electron chi connectivity index (χ2n) is 21.9. The number of H-pyrrole nitrogens is 1. The van der Waals surface area contributed by atoms with Crippen LogP contribution in [0.15, 0.2) is 144 Å². The summed E-state index contributed by atoms with van der Waals surface area (Å²) in [6.45, 7) is 8.56. The van der Waals surface area contributed by atoms with Crippen molar-refractivity contribution in [1.82, 2.24) is 35.6 Å². The highest BCUT2D eigenvalue weighted by atomic mass is 16.5. The number of ether oxygens (including phenoxy) is 1. The lowest BCUT2D eigenvalue weighted by Crippen LogP contribution is -2.65. The molecule has 7 heterocycles. The first-order chi connectivity index (χ1) is 42.3. The molecule has 5 aromatic rings. The third-order valence-electron chi connectivity index (χ3n) is 15.5. The predicted octanol–water partition coefficient (Wildman–Crippen LogP) is 6.25. The molecule has 4 atom stereocenters. The highest BCUT2D eigenvalue weighted by Crippen LogP contribution is 2.43. The number of aromatic amines is 1. The zero-order chi connectivity index (χ0) is 63.9. The molecule has 4 aromatic carbocycles. The van der Waals surface area contributed by atoms with Gasteiger partial charge in [-0.15, -0.1) is 0 Å². The van der Waals surface area contributed by atoms with Crippen molar-refractivity contribution in [1.29, 1.82) is 5.26 Å². The zero-order valence-corrected chi connectivity index (χ0v) is 50.0. The fourth-order valence-corrected chi connectivity index (χ4v) is 10.5. The van der Waals surface area contributed by atoms with Crippen molar-refractivity contribution in [3.8, 4) is 6.07 Å². The van der Waals surface area contributed by atoms with Gasteiger partial charge >= 0.3 is 17.9 Å². The van der Waals surface area contributed by atoms with Gasteiger partial charge in [0.1, 0.15) is 0 Å². The van der Waals surface area contributed by atoms with E-state index >= 15 is 0 Å². The van der Waals surface area contributed by atoms with E-state index in [0.717, 1.165) is 62.5 Å². The van der Waals surface area contributed by atoms with Gasteiger partial charge in [-0.05, 0) is 73.8 Å². The Bertz CT molecular complexity index is 3200. The van der Waals surface area contributed by atoms with Gasteiger partial charge in [0.05, 0.1) is 41.4 Å². The van der Waals surface area contributed by atoms with Gasteiger partial charge in [0.2, 0.25) is 41.0 Å². The van der Waals surface area contributed by atoms with Crippen LogP contribution >= 0.6 is 0 Å². The standard InChI is InChI=1S/C16H20N2O2.C14H16N2O2.C10H11N.C7H11NO3.C7H9N.C6H9NO3.C6H5NO3.CH4/c1-2-17-9-8-16(10-14(17)19)12-18(15(16)20)11-13-6-4-3-5-7-13;17-12-8-14(6-7-15-12)10-16(13(14)18)9-11-4-2-1-3-5-11;11-9-5-4-8-10-6-2-1-3-7-10;1-11-7(10)5-2-3-8-6(9)4-5;8-6-7-4-2-1-3-5-7;2*8-5-3-4(6(9)10)1-2-7-5;/h3-7H,2,8-12H2,1H3;1-5H,6-10H2,(H,15,17);1-3,6-7H,4-5,8H2;5H,2-4H2,1H3,(H,8,9);1-5H,6,8H2;4H,1-3H2,(H,7,8)(H,9,10);1-3H,(H,7,8)(H,9,10);1H4. The summed E-state index contributed by atoms with van der Waals surface area (Å²) < 4.78 is 4.52. The second kappa shape index (κ2) is 37.3. The molecule has 6 aliphatic heterocycles. The number of carbonyl (C=O) groups excluding carboxylic acids is 7. The van der Waals surface area contributed by atoms with Crippen LogP contribution in [0.5, 0.6) is 0 Å². The maximum atomic E-state index is 12.4. The number of aromatic carboxylic acids is 1. The number of hydrogen-bond acceptors (Lipinski definition) is 13. The highest BCUT2D eigenvalue weighted by molar-refractivity contribution is 5.95. The van der Waals surface area contributed by atoms with E-state index in [2.05, 4.69) is 43.9 Å². The van der Waals surface area contributed by atoms with E-state index in [0.29, 0.717) is 77.9 Å². The summed E-state index contributed by atoms with van der Waals surface area (Å²) in [4.78, 5) is 119. The molecule has 2 spiro atoms. The number of nitrogens with zero attached hydrogens (tertiary/aromatic N) is 4. The lowest BCUT2D eigenvalue weighted by atomic mass is 9.70. The van der Waals surface area contributed by atoms with Crippen LogP contribution in [0.2, 0.25) is 0 Å². The number of β-lactam (4-membered cyclic amide) rings is 2. The molecule has 0 bridgehead atoms. The largest absolute Gasteiger partial charge is 0.481 e. The van der Waals surface area contributed by atoms with E-state index < -0.39 is 34.2 Å². The Morgan fingerprint density at radius 1 is 0.640 bits per heavy atom. The first-order valence-corrected chi connectivity index (χ1v) is 29.5. The quantitative estimate of drug-likeness (QED) is 0.0412. The number of carboxylic acid groups (broad SMARTS) is 2. The van der Waals surface area contributed by atoms with Gasteiger partial charge in [-0.25, -0.2) is 4.79 Å². The molecule has 0 saturated carbocycles. The van der Waals surface area contributed by atoms with Crippen LogP contribution in [0.1, 0.15) is 111 Å². The van der Waals surface area contributed by atoms with Gasteiger partial charge in [-0.3, -0.25) is 43.2 Å². The minimum atomic E-state index is -1.09. The average Bonchev–Trinajstić information content (AvgIpc) is 1.08. The van der Waals surface area contributed by atoms with Crippen molar-refractivity contribution in [2.75, 3.05) is 52.9 Å². The zero-order valence-electron chi connectivity index (χ0n) is 50.0. The van der Waals surface area contributed by atoms with Crippen LogP contribution in [-0.2, 0) is 69.1 Å². The molecule has 0 radical (unpaired) electrons. The van der Waals surface area contributed by atoms with E-state index in [1.807, 2.05) is 131 Å². The number of rotatable bonds is 12. The molecule has 6 saturated heterocycles. The third-order valence-corrected chi connectivity index (χ3v) is 15.5. The third kappa shape index (κ3) is 23.3. The normalized spacial score (nSPS) is 20.1. The summed E-state index contributed by atoms with van der Waals surface area (Å²) >= 11 is 0. The second-order valence-corrected chi connectivity index (χ2v) is 21.9. The topological polar surface area (TPSA) is 332 Å². The fraction of sp³-hybridized carbons (Fsp3) is 0.418. The Morgan fingerprint density at radius 3 is 1.52 bits per heavy atom. The number of esters is 1. The number of amides is 6. The van der Waals surface area contributed by atoms with Crippen LogP contribution in [0.4, 0.5) is 0 Å². The molecule has 11 rings (SSSR count). The van der Waals surface area contributed by atoms with Crippen LogP contribution in [0.3, 0.4) is 0 Å². The summed E-state index contributed by atoms with van der Waals surface area (Å²) in [5.74, 6) is -2.71. The van der Waals surface area contributed by atoms with E-state index in [1.165, 1.54) is 30.5 Å². The molecular formula is C67H85N9O13. The first kappa shape index (κ1) is 72.0. The van der Waals surface area contributed by atoms with Crippen LogP contribution in [0, 0.1) is 34.0 Å². The number of aryl methyl sites for hydroxylation is 1. The maximum Gasteiger partial charge on any atom is 0.335 e. The number of hydrogen-bond donors (Lipinski definition) is 7. The molecule has 22 heteroatoms. The Kier molecular flexibility index (Phi) is 30.1. The monoisotopic (exact) mass is 1220 g/mol. The Hall–Kier alpha value is -9.49. The van der Waals surface area contributed by atoms with Gasteiger partial charge < -0.3 is 56.3 Å². The van der Waals surface area contributed by atoms with E-state index in [9.17, 15) is 47.9 Å². The van der Waals surface area contributed by atoms with Crippen molar-refractivity contribution in [3.63, 3.8) is 0 Å².